The largest absolute Gasteiger partial charge is 0.491 e. The van der Waals surface area contributed by atoms with Crippen LogP contribution in [0.4, 0.5) is 0 Å². The van der Waals surface area contributed by atoms with E-state index in [2.05, 4.69) is 53.8 Å². The van der Waals surface area contributed by atoms with E-state index in [1.807, 2.05) is 0 Å². The summed E-state index contributed by atoms with van der Waals surface area (Å²) < 4.78 is 12.1. The minimum Gasteiger partial charge on any atom is -0.491 e. The topological polar surface area (TPSA) is 18.5 Å². The third-order valence-electron chi connectivity index (χ3n) is 3.46. The summed E-state index contributed by atoms with van der Waals surface area (Å²) in [7, 11) is 0. The summed E-state index contributed by atoms with van der Waals surface area (Å²) in [4.78, 5) is 0. The van der Waals surface area contributed by atoms with Crippen LogP contribution in [-0.4, -0.2) is 24.2 Å². The molecule has 1 aromatic carbocycles. The first kappa shape index (κ1) is 18.8. The number of ether oxygens (including phenoxy) is 2. The zero-order chi connectivity index (χ0) is 15.2. The molecule has 0 aliphatic rings. The minimum absolute atomic E-state index is 0.632. The van der Waals surface area contributed by atoms with Gasteiger partial charge in [-0.3, -0.25) is 0 Å². The molecule has 0 radical (unpaired) electrons. The van der Waals surface area contributed by atoms with Gasteiger partial charge in [0.15, 0.2) is 0 Å². The van der Waals surface area contributed by atoms with Crippen molar-refractivity contribution in [3.63, 3.8) is 0 Å². The van der Waals surface area contributed by atoms with Gasteiger partial charge in [-0.05, 0) is 30.5 Å². The van der Waals surface area contributed by atoms with Crippen LogP contribution >= 0.6 is 22.6 Å². The van der Waals surface area contributed by atoms with Gasteiger partial charge in [-0.2, -0.15) is 0 Å². The Balaban J connectivity index is 2.09. The standard InChI is InChI=1S/C18H29IO2/c1-2-3-4-5-6-7-8-17-9-11-18(12-10-17)21-16-15-20-14-13-19/h9-12H,2-8,13-16H2,1H3. The SMILES string of the molecule is CCCCCCCCc1ccc(OCCOCCI)cc1. The molecule has 0 N–H and O–H groups in total. The molecule has 0 amide bonds. The Hall–Kier alpha value is -0.290. The van der Waals surface area contributed by atoms with E-state index in [4.69, 9.17) is 9.47 Å². The minimum atomic E-state index is 0.632. The van der Waals surface area contributed by atoms with E-state index in [1.54, 1.807) is 0 Å². The van der Waals surface area contributed by atoms with E-state index in [9.17, 15) is 0 Å². The molecular weight excluding hydrogens is 375 g/mol. The first-order valence-electron chi connectivity index (χ1n) is 8.22. The average molecular weight is 404 g/mol. The molecule has 0 aromatic heterocycles. The lowest BCUT2D eigenvalue weighted by molar-refractivity contribution is 0.113. The number of halogens is 1. The van der Waals surface area contributed by atoms with E-state index < -0.39 is 0 Å². The predicted octanol–water partition coefficient (Wildman–Crippen LogP) is 5.42. The highest BCUT2D eigenvalue weighted by molar-refractivity contribution is 14.1. The summed E-state index contributed by atoms with van der Waals surface area (Å²) in [6, 6.07) is 8.52. The van der Waals surface area contributed by atoms with Gasteiger partial charge < -0.3 is 9.47 Å². The summed E-state index contributed by atoms with van der Waals surface area (Å²) in [5.74, 6) is 0.944. The van der Waals surface area contributed by atoms with Crippen LogP contribution in [0.3, 0.4) is 0 Å². The van der Waals surface area contributed by atoms with Gasteiger partial charge in [0, 0.05) is 4.43 Å². The van der Waals surface area contributed by atoms with Gasteiger partial charge in [0.2, 0.25) is 0 Å². The van der Waals surface area contributed by atoms with Crippen molar-refractivity contribution >= 4 is 22.6 Å². The van der Waals surface area contributed by atoms with Gasteiger partial charge in [0.25, 0.3) is 0 Å². The van der Waals surface area contributed by atoms with Crippen LogP contribution in [0.2, 0.25) is 0 Å². The predicted molar refractivity (Wildman–Crippen MR) is 98.7 cm³/mol. The smallest absolute Gasteiger partial charge is 0.119 e. The number of aryl methyl sites for hydroxylation is 1. The summed E-state index contributed by atoms with van der Waals surface area (Å²) in [6.07, 6.45) is 9.32. The molecule has 0 aliphatic carbocycles. The zero-order valence-corrected chi connectivity index (χ0v) is 15.4. The highest BCUT2D eigenvalue weighted by Crippen LogP contribution is 2.15. The Labute approximate surface area is 143 Å². The number of hydrogen-bond acceptors (Lipinski definition) is 2. The molecule has 0 atom stereocenters. The Morgan fingerprint density at radius 2 is 1.57 bits per heavy atom. The van der Waals surface area contributed by atoms with E-state index in [-0.39, 0.29) is 0 Å². The summed E-state index contributed by atoms with van der Waals surface area (Å²) in [5.41, 5.74) is 1.42. The molecule has 0 bridgehead atoms. The van der Waals surface area contributed by atoms with Crippen molar-refractivity contribution in [3.05, 3.63) is 29.8 Å². The first-order chi connectivity index (χ1) is 10.4. The van der Waals surface area contributed by atoms with Crippen LogP contribution in [0.25, 0.3) is 0 Å². The fourth-order valence-corrected chi connectivity index (χ4v) is 2.55. The van der Waals surface area contributed by atoms with Crippen molar-refractivity contribution < 1.29 is 9.47 Å². The lowest BCUT2D eigenvalue weighted by Gasteiger charge is -2.07. The van der Waals surface area contributed by atoms with Crippen LogP contribution < -0.4 is 4.74 Å². The van der Waals surface area contributed by atoms with Crippen LogP contribution in [0.15, 0.2) is 24.3 Å². The molecule has 2 nitrogen and oxygen atoms in total. The van der Waals surface area contributed by atoms with Gasteiger partial charge in [0.1, 0.15) is 12.4 Å². The number of rotatable bonds is 13. The molecule has 0 spiro atoms. The highest BCUT2D eigenvalue weighted by atomic mass is 127. The molecule has 1 aromatic rings. The number of unbranched alkanes of at least 4 members (excludes halogenated alkanes) is 5. The van der Waals surface area contributed by atoms with Gasteiger partial charge in [-0.25, -0.2) is 0 Å². The molecule has 0 aliphatic heterocycles. The number of alkyl halides is 1. The van der Waals surface area contributed by atoms with Crippen LogP contribution in [0.1, 0.15) is 51.0 Å². The Morgan fingerprint density at radius 1 is 0.857 bits per heavy atom. The quantitative estimate of drug-likeness (QED) is 0.248. The van der Waals surface area contributed by atoms with Crippen molar-refractivity contribution in [1.29, 1.82) is 0 Å². The lowest BCUT2D eigenvalue weighted by Crippen LogP contribution is -2.07. The Bertz CT molecular complexity index is 338. The van der Waals surface area contributed by atoms with E-state index in [0.717, 1.165) is 16.8 Å². The monoisotopic (exact) mass is 404 g/mol. The van der Waals surface area contributed by atoms with Crippen molar-refractivity contribution in [3.8, 4) is 5.75 Å². The molecule has 0 heterocycles. The Morgan fingerprint density at radius 3 is 2.29 bits per heavy atom. The van der Waals surface area contributed by atoms with Crippen LogP contribution in [-0.2, 0) is 11.2 Å². The molecule has 21 heavy (non-hydrogen) atoms. The molecule has 0 saturated heterocycles. The van der Waals surface area contributed by atoms with E-state index >= 15 is 0 Å². The fraction of sp³-hybridized carbons (Fsp3) is 0.667. The summed E-state index contributed by atoms with van der Waals surface area (Å²) >= 11 is 2.31. The molecule has 0 saturated carbocycles. The van der Waals surface area contributed by atoms with Crippen molar-refractivity contribution in [1.82, 2.24) is 0 Å². The Kier molecular flexibility index (Phi) is 12.0. The van der Waals surface area contributed by atoms with Crippen LogP contribution in [0.5, 0.6) is 5.75 Å². The molecule has 0 unspecified atom stereocenters. The maximum absolute atomic E-state index is 5.65. The molecule has 0 fully saturated rings. The van der Waals surface area contributed by atoms with Gasteiger partial charge in [-0.15, -0.1) is 0 Å². The maximum Gasteiger partial charge on any atom is 0.119 e. The molecule has 3 heteroatoms. The third kappa shape index (κ3) is 10.1. The molecular formula is C18H29IO2. The van der Waals surface area contributed by atoms with Crippen LogP contribution in [0, 0.1) is 0 Å². The molecule has 120 valence electrons. The lowest BCUT2D eigenvalue weighted by atomic mass is 10.0. The fourth-order valence-electron chi connectivity index (χ4n) is 2.24. The summed E-state index contributed by atoms with van der Waals surface area (Å²) in [6.45, 7) is 4.37. The normalized spacial score (nSPS) is 10.8. The van der Waals surface area contributed by atoms with Crippen molar-refractivity contribution in [2.75, 3.05) is 24.2 Å². The maximum atomic E-state index is 5.65. The average Bonchev–Trinajstić information content (AvgIpc) is 2.52. The van der Waals surface area contributed by atoms with Crippen molar-refractivity contribution in [2.24, 2.45) is 0 Å². The number of hydrogen-bond donors (Lipinski definition) is 0. The zero-order valence-electron chi connectivity index (χ0n) is 13.3. The second-order valence-electron chi connectivity index (χ2n) is 5.31. The number of benzene rings is 1. The highest BCUT2D eigenvalue weighted by Gasteiger charge is 1.97. The summed E-state index contributed by atoms with van der Waals surface area (Å²) in [5, 5.41) is 0. The second kappa shape index (κ2) is 13.4. The van der Waals surface area contributed by atoms with Crippen molar-refractivity contribution in [2.45, 2.75) is 51.9 Å². The second-order valence-corrected chi connectivity index (χ2v) is 6.39. The first-order valence-corrected chi connectivity index (χ1v) is 9.75. The molecule has 1 rings (SSSR count). The van der Waals surface area contributed by atoms with Gasteiger partial charge in [-0.1, -0.05) is 73.8 Å². The van der Waals surface area contributed by atoms with E-state index in [1.165, 1.54) is 50.5 Å². The third-order valence-corrected chi connectivity index (χ3v) is 3.90. The van der Waals surface area contributed by atoms with E-state index in [0.29, 0.717) is 13.2 Å². The van der Waals surface area contributed by atoms with Gasteiger partial charge in [0.05, 0.1) is 13.2 Å². The van der Waals surface area contributed by atoms with Gasteiger partial charge >= 0.3 is 0 Å².